The number of rotatable bonds is 4. The molecule has 9 heteroatoms. The molecule has 0 N–H and O–H groups in total. The van der Waals surface area contributed by atoms with Gasteiger partial charge >= 0.3 is 12.1 Å². The van der Waals surface area contributed by atoms with Gasteiger partial charge in [-0.3, -0.25) is 19.8 Å². The monoisotopic (exact) mass is 327 g/mol. The van der Waals surface area contributed by atoms with Crippen LogP contribution in [0.1, 0.15) is 17.3 Å². The molecule has 0 spiro atoms. The first-order valence-electron chi connectivity index (χ1n) is 7.22. The number of hydrogen-bond acceptors (Lipinski definition) is 6. The number of halogens is 3. The molecule has 0 saturated carbocycles. The van der Waals surface area contributed by atoms with Crippen LogP contribution in [0.15, 0.2) is 29.3 Å². The van der Waals surface area contributed by atoms with Crippen molar-refractivity contribution in [2.75, 3.05) is 26.2 Å². The van der Waals surface area contributed by atoms with Crippen molar-refractivity contribution in [3.63, 3.8) is 0 Å². The molecule has 0 radical (unpaired) electrons. The Morgan fingerprint density at radius 3 is 2.17 bits per heavy atom. The predicted octanol–water partition coefficient (Wildman–Crippen LogP) is 1.80. The lowest BCUT2D eigenvalue weighted by atomic mass is 10.3. The van der Waals surface area contributed by atoms with Gasteiger partial charge in [-0.05, 0) is 0 Å². The van der Waals surface area contributed by atoms with Crippen LogP contribution in [0.3, 0.4) is 0 Å². The smallest absolute Gasteiger partial charge is 0.441 e. The second-order valence-electron chi connectivity index (χ2n) is 5.39. The van der Waals surface area contributed by atoms with Crippen LogP contribution in [-0.2, 0) is 19.3 Å². The summed E-state index contributed by atoms with van der Waals surface area (Å²) in [4.78, 5) is 16.1. The molecule has 3 rings (SSSR count). The highest BCUT2D eigenvalue weighted by Gasteiger charge is 2.37. The van der Waals surface area contributed by atoms with Crippen molar-refractivity contribution in [2.24, 2.45) is 0 Å². The lowest BCUT2D eigenvalue weighted by Crippen LogP contribution is -2.45. The topological polar surface area (TPSA) is 58.3 Å². The zero-order valence-corrected chi connectivity index (χ0v) is 12.3. The maximum atomic E-state index is 12.5. The minimum atomic E-state index is -4.53. The van der Waals surface area contributed by atoms with Gasteiger partial charge in [-0.2, -0.15) is 13.2 Å². The summed E-state index contributed by atoms with van der Waals surface area (Å²) in [6.07, 6.45) is 1.58. The Morgan fingerprint density at radius 2 is 1.65 bits per heavy atom. The van der Waals surface area contributed by atoms with E-state index in [1.165, 1.54) is 0 Å². The molecule has 0 unspecified atom stereocenters. The standard InChI is InChI=1S/C14H16F3N5O/c15-14(16,17)13-20-12(10-23-13)9-22-5-3-21(4-6-22)8-11-7-18-1-2-19-11/h1-2,7,10H,3-6,8-9H2. The Labute approximate surface area is 131 Å². The third-order valence-corrected chi connectivity index (χ3v) is 3.65. The van der Waals surface area contributed by atoms with Crippen LogP contribution in [0.2, 0.25) is 0 Å². The molecule has 0 atom stereocenters. The Balaban J connectivity index is 1.48. The van der Waals surface area contributed by atoms with Crippen molar-refractivity contribution in [1.82, 2.24) is 24.8 Å². The summed E-state index contributed by atoms with van der Waals surface area (Å²) in [5.41, 5.74) is 1.21. The zero-order valence-electron chi connectivity index (χ0n) is 12.3. The maximum absolute atomic E-state index is 12.5. The maximum Gasteiger partial charge on any atom is 0.468 e. The SMILES string of the molecule is FC(F)(F)c1nc(CN2CCN(Cc3cnccn3)CC2)co1. The normalized spacial score (nSPS) is 17.5. The van der Waals surface area contributed by atoms with Crippen LogP contribution in [0.5, 0.6) is 0 Å². The van der Waals surface area contributed by atoms with Crippen LogP contribution in [0.25, 0.3) is 0 Å². The molecule has 124 valence electrons. The van der Waals surface area contributed by atoms with E-state index >= 15 is 0 Å². The molecule has 1 fully saturated rings. The molecule has 2 aromatic rings. The molecule has 0 aliphatic carbocycles. The van der Waals surface area contributed by atoms with Crippen molar-refractivity contribution in [2.45, 2.75) is 19.3 Å². The number of hydrogen-bond donors (Lipinski definition) is 0. The quantitative estimate of drug-likeness (QED) is 0.853. The van der Waals surface area contributed by atoms with Gasteiger partial charge in [0.1, 0.15) is 6.26 Å². The second-order valence-corrected chi connectivity index (χ2v) is 5.39. The van der Waals surface area contributed by atoms with E-state index in [1.807, 2.05) is 0 Å². The van der Waals surface area contributed by atoms with Crippen molar-refractivity contribution in [3.8, 4) is 0 Å². The lowest BCUT2D eigenvalue weighted by molar-refractivity contribution is -0.157. The van der Waals surface area contributed by atoms with Gasteiger partial charge in [0, 0.05) is 57.9 Å². The molecule has 1 aliphatic heterocycles. The van der Waals surface area contributed by atoms with Gasteiger partial charge in [-0.25, -0.2) is 4.98 Å². The molecular formula is C14H16F3N5O. The molecule has 1 aliphatic rings. The van der Waals surface area contributed by atoms with Crippen molar-refractivity contribution >= 4 is 0 Å². The molecule has 0 bridgehead atoms. The number of oxazole rings is 1. The largest absolute Gasteiger partial charge is 0.468 e. The Bertz CT molecular complexity index is 623. The second kappa shape index (κ2) is 6.63. The number of aromatic nitrogens is 3. The summed E-state index contributed by atoms with van der Waals surface area (Å²) in [5, 5.41) is 0. The summed E-state index contributed by atoms with van der Waals surface area (Å²) < 4.78 is 41.8. The van der Waals surface area contributed by atoms with Crippen molar-refractivity contribution in [3.05, 3.63) is 42.1 Å². The Hall–Kier alpha value is -2.00. The fourth-order valence-corrected chi connectivity index (χ4v) is 2.49. The molecule has 6 nitrogen and oxygen atoms in total. The molecule has 0 aromatic carbocycles. The van der Waals surface area contributed by atoms with Crippen molar-refractivity contribution < 1.29 is 17.6 Å². The van der Waals surface area contributed by atoms with E-state index in [0.29, 0.717) is 12.2 Å². The van der Waals surface area contributed by atoms with E-state index in [2.05, 4.69) is 29.2 Å². The fraction of sp³-hybridized carbons (Fsp3) is 0.500. The molecule has 2 aromatic heterocycles. The summed E-state index contributed by atoms with van der Waals surface area (Å²) >= 11 is 0. The van der Waals surface area contributed by atoms with Gasteiger partial charge in [0.25, 0.3) is 0 Å². The van der Waals surface area contributed by atoms with Gasteiger partial charge in [-0.1, -0.05) is 0 Å². The Kier molecular flexibility index (Phi) is 4.58. The van der Waals surface area contributed by atoms with Gasteiger partial charge in [0.05, 0.1) is 11.4 Å². The third-order valence-electron chi connectivity index (χ3n) is 3.65. The van der Waals surface area contributed by atoms with Gasteiger partial charge in [-0.15, -0.1) is 0 Å². The van der Waals surface area contributed by atoms with Crippen LogP contribution < -0.4 is 0 Å². The summed E-state index contributed by atoms with van der Waals surface area (Å²) in [7, 11) is 0. The van der Waals surface area contributed by atoms with Crippen molar-refractivity contribution in [1.29, 1.82) is 0 Å². The minimum Gasteiger partial charge on any atom is -0.441 e. The van der Waals surface area contributed by atoms with Gasteiger partial charge in [0.15, 0.2) is 0 Å². The molecule has 1 saturated heterocycles. The average molecular weight is 327 g/mol. The number of alkyl halides is 3. The van der Waals surface area contributed by atoms with Gasteiger partial charge < -0.3 is 4.42 Å². The number of nitrogens with zero attached hydrogens (tertiary/aromatic N) is 5. The highest BCUT2D eigenvalue weighted by atomic mass is 19.4. The summed E-state index contributed by atoms with van der Waals surface area (Å²) in [5.74, 6) is -1.19. The molecule has 3 heterocycles. The van der Waals surface area contributed by atoms with E-state index in [9.17, 15) is 13.2 Å². The minimum absolute atomic E-state index is 0.305. The van der Waals surface area contributed by atoms with E-state index in [0.717, 1.165) is 44.7 Å². The lowest BCUT2D eigenvalue weighted by Gasteiger charge is -2.33. The Morgan fingerprint density at radius 1 is 1.00 bits per heavy atom. The predicted molar refractivity (Wildman–Crippen MR) is 74.1 cm³/mol. The zero-order chi connectivity index (χ0) is 16.3. The number of piperazine rings is 1. The van der Waals surface area contributed by atoms with E-state index in [-0.39, 0.29) is 0 Å². The molecule has 0 amide bonds. The van der Waals surface area contributed by atoms with Crippen LogP contribution in [-0.4, -0.2) is 50.9 Å². The summed E-state index contributed by atoms with van der Waals surface area (Å²) in [6, 6.07) is 0. The van der Waals surface area contributed by atoms with Crippen LogP contribution >= 0.6 is 0 Å². The first-order chi connectivity index (χ1) is 11.0. The average Bonchev–Trinajstić information content (AvgIpc) is 2.99. The molecule has 23 heavy (non-hydrogen) atoms. The molecular weight excluding hydrogens is 311 g/mol. The first-order valence-corrected chi connectivity index (χ1v) is 7.22. The fourth-order valence-electron chi connectivity index (χ4n) is 2.49. The highest BCUT2D eigenvalue weighted by molar-refractivity contribution is 5.00. The highest BCUT2D eigenvalue weighted by Crippen LogP contribution is 2.28. The van der Waals surface area contributed by atoms with E-state index < -0.39 is 12.1 Å². The third kappa shape index (κ3) is 4.26. The van der Waals surface area contributed by atoms with E-state index in [4.69, 9.17) is 0 Å². The van der Waals surface area contributed by atoms with Crippen LogP contribution in [0, 0.1) is 0 Å². The van der Waals surface area contributed by atoms with Gasteiger partial charge in [0.2, 0.25) is 0 Å². The van der Waals surface area contributed by atoms with E-state index in [1.54, 1.807) is 18.6 Å². The first kappa shape index (κ1) is 15.9. The summed E-state index contributed by atoms with van der Waals surface area (Å²) in [6.45, 7) is 4.24. The van der Waals surface area contributed by atoms with Crippen LogP contribution in [0.4, 0.5) is 13.2 Å².